The highest BCUT2D eigenvalue weighted by atomic mass is 16.2. The fourth-order valence-corrected chi connectivity index (χ4v) is 3.63. The molecule has 3 rings (SSSR count). The molecule has 2 aliphatic heterocycles. The van der Waals surface area contributed by atoms with Gasteiger partial charge in [-0.25, -0.2) is 0 Å². The fourth-order valence-electron chi connectivity index (χ4n) is 3.63. The van der Waals surface area contributed by atoms with Crippen molar-refractivity contribution in [2.45, 2.75) is 38.6 Å². The highest BCUT2D eigenvalue weighted by Crippen LogP contribution is 2.23. The summed E-state index contributed by atoms with van der Waals surface area (Å²) in [6.45, 7) is 10.7. The monoisotopic (exact) mass is 471 g/mol. The van der Waals surface area contributed by atoms with E-state index in [1.54, 1.807) is 18.9 Å². The van der Waals surface area contributed by atoms with E-state index < -0.39 is 0 Å². The molecule has 0 saturated carbocycles. The van der Waals surface area contributed by atoms with Crippen molar-refractivity contribution in [2.24, 2.45) is 0 Å². The fraction of sp³-hybridized carbons (Fsp3) is 0.440. The number of carbonyl (C=O) groups excluding carboxylic acids is 4. The Morgan fingerprint density at radius 3 is 2.38 bits per heavy atom. The maximum absolute atomic E-state index is 11.8. The molecule has 0 aliphatic carbocycles. The van der Waals surface area contributed by atoms with E-state index in [1.807, 2.05) is 35.2 Å². The summed E-state index contributed by atoms with van der Waals surface area (Å²) in [5.41, 5.74) is 1.21. The SMILES string of the molecule is C=CNC(=C)C(=O)NC.CC(=O)N1CCC(=O)N2CCCC2CC1.CN(C=O)c1ccccc1. The average Bonchev–Trinajstić information content (AvgIpc) is 3.31. The van der Waals surface area contributed by atoms with Gasteiger partial charge in [0.05, 0.1) is 5.70 Å². The number of para-hydroxylation sites is 1. The number of fused-ring (bicyclic) bond motifs is 1. The van der Waals surface area contributed by atoms with Gasteiger partial charge in [-0.1, -0.05) is 31.4 Å². The third-order valence-electron chi connectivity index (χ3n) is 5.57. The Bertz CT molecular complexity index is 843. The Labute approximate surface area is 202 Å². The summed E-state index contributed by atoms with van der Waals surface area (Å²) in [7, 11) is 3.26. The van der Waals surface area contributed by atoms with Gasteiger partial charge in [0.1, 0.15) is 0 Å². The molecule has 9 nitrogen and oxygen atoms in total. The van der Waals surface area contributed by atoms with Crippen molar-refractivity contribution < 1.29 is 19.2 Å². The Morgan fingerprint density at radius 2 is 1.82 bits per heavy atom. The van der Waals surface area contributed by atoms with Crippen LogP contribution in [0.3, 0.4) is 0 Å². The van der Waals surface area contributed by atoms with Crippen LogP contribution >= 0.6 is 0 Å². The van der Waals surface area contributed by atoms with Crippen LogP contribution in [0.15, 0.2) is 55.4 Å². The summed E-state index contributed by atoms with van der Waals surface area (Å²) in [4.78, 5) is 49.2. The second-order valence-corrected chi connectivity index (χ2v) is 7.89. The van der Waals surface area contributed by atoms with Crippen molar-refractivity contribution in [3.63, 3.8) is 0 Å². The van der Waals surface area contributed by atoms with Crippen molar-refractivity contribution in [1.82, 2.24) is 20.4 Å². The molecule has 186 valence electrons. The molecule has 4 amide bonds. The summed E-state index contributed by atoms with van der Waals surface area (Å²) in [5.74, 6) is 0.0904. The number of benzene rings is 1. The number of carbonyl (C=O) groups is 4. The van der Waals surface area contributed by atoms with Crippen molar-refractivity contribution in [3.8, 4) is 0 Å². The normalized spacial score (nSPS) is 16.7. The van der Waals surface area contributed by atoms with Crippen molar-refractivity contribution in [3.05, 3.63) is 55.4 Å². The van der Waals surface area contributed by atoms with Crippen LogP contribution < -0.4 is 15.5 Å². The van der Waals surface area contributed by atoms with Gasteiger partial charge >= 0.3 is 0 Å². The molecule has 2 saturated heterocycles. The molecule has 0 aromatic heterocycles. The molecule has 1 unspecified atom stereocenters. The molecule has 1 atom stereocenters. The van der Waals surface area contributed by atoms with Gasteiger partial charge in [0, 0.05) is 58.8 Å². The number of anilines is 1. The first-order chi connectivity index (χ1) is 16.2. The van der Waals surface area contributed by atoms with E-state index in [2.05, 4.69) is 23.8 Å². The van der Waals surface area contributed by atoms with Gasteiger partial charge in [-0.3, -0.25) is 19.2 Å². The molecule has 2 heterocycles. The first-order valence-corrected chi connectivity index (χ1v) is 11.3. The molecular weight excluding hydrogens is 434 g/mol. The molecule has 2 aliphatic rings. The zero-order valence-corrected chi connectivity index (χ0v) is 20.5. The van der Waals surface area contributed by atoms with Crippen LogP contribution in [0.1, 0.15) is 32.6 Å². The van der Waals surface area contributed by atoms with E-state index >= 15 is 0 Å². The summed E-state index contributed by atoms with van der Waals surface area (Å²) in [6, 6.07) is 9.87. The number of amides is 4. The van der Waals surface area contributed by atoms with E-state index in [0.717, 1.165) is 44.4 Å². The molecule has 9 heteroatoms. The molecule has 1 aromatic rings. The van der Waals surface area contributed by atoms with E-state index in [1.165, 1.54) is 18.1 Å². The van der Waals surface area contributed by atoms with Gasteiger partial charge in [0.15, 0.2) is 0 Å². The van der Waals surface area contributed by atoms with Crippen LogP contribution in [-0.4, -0.2) is 73.7 Å². The van der Waals surface area contributed by atoms with Crippen LogP contribution in [0, 0.1) is 0 Å². The Morgan fingerprint density at radius 1 is 1.15 bits per heavy atom. The lowest BCUT2D eigenvalue weighted by atomic mass is 10.1. The predicted molar refractivity (Wildman–Crippen MR) is 134 cm³/mol. The minimum absolute atomic E-state index is 0.0919. The summed E-state index contributed by atoms with van der Waals surface area (Å²) in [5, 5.41) is 4.95. The third kappa shape index (κ3) is 9.48. The van der Waals surface area contributed by atoms with Gasteiger partial charge in [-0.15, -0.1) is 0 Å². The minimum atomic E-state index is -0.227. The zero-order valence-electron chi connectivity index (χ0n) is 20.5. The molecule has 2 fully saturated rings. The van der Waals surface area contributed by atoms with Crippen molar-refractivity contribution in [1.29, 1.82) is 0 Å². The molecule has 0 bridgehead atoms. The van der Waals surface area contributed by atoms with Crippen LogP contribution in [0.2, 0.25) is 0 Å². The standard InChI is InChI=1S/C11H18N2O2.C8H9NO.C6H10N2O/c1-9(14)12-7-4-10-3-2-6-13(10)11(15)5-8-12;1-9(7-10)8-5-3-2-4-6-8;1-4-8-5(2)6(9)7-3/h10H,2-8H2,1H3;2-7H,1H3;4,8H,1-2H2,3H3,(H,7,9). The number of nitrogens with one attached hydrogen (secondary N) is 2. The molecule has 2 N–H and O–H groups in total. The molecule has 0 radical (unpaired) electrons. The molecule has 34 heavy (non-hydrogen) atoms. The van der Waals surface area contributed by atoms with Crippen LogP contribution in [-0.2, 0) is 19.2 Å². The summed E-state index contributed by atoms with van der Waals surface area (Å²) >= 11 is 0. The first-order valence-electron chi connectivity index (χ1n) is 11.3. The van der Waals surface area contributed by atoms with Crippen LogP contribution in [0.25, 0.3) is 0 Å². The smallest absolute Gasteiger partial charge is 0.266 e. The third-order valence-corrected chi connectivity index (χ3v) is 5.57. The van der Waals surface area contributed by atoms with E-state index in [4.69, 9.17) is 0 Å². The van der Waals surface area contributed by atoms with Gasteiger partial charge in [0.2, 0.25) is 18.2 Å². The van der Waals surface area contributed by atoms with E-state index in [-0.39, 0.29) is 17.7 Å². The maximum atomic E-state index is 11.8. The van der Waals surface area contributed by atoms with E-state index in [9.17, 15) is 19.2 Å². The molecule has 0 spiro atoms. The van der Waals surface area contributed by atoms with Crippen molar-refractivity contribution >= 4 is 29.8 Å². The van der Waals surface area contributed by atoms with Crippen molar-refractivity contribution in [2.75, 3.05) is 38.6 Å². The highest BCUT2D eigenvalue weighted by molar-refractivity contribution is 5.92. The average molecular weight is 472 g/mol. The summed E-state index contributed by atoms with van der Waals surface area (Å²) in [6.07, 6.45) is 5.86. The van der Waals surface area contributed by atoms with Gasteiger partial charge in [-0.2, -0.15) is 0 Å². The second-order valence-electron chi connectivity index (χ2n) is 7.89. The topological polar surface area (TPSA) is 102 Å². The maximum Gasteiger partial charge on any atom is 0.266 e. The number of nitrogens with zero attached hydrogens (tertiary/aromatic N) is 3. The number of likely N-dealkylation sites (N-methyl/N-ethyl adjacent to an activating group) is 1. The largest absolute Gasteiger partial charge is 0.358 e. The van der Waals surface area contributed by atoms with Gasteiger partial charge in [0.25, 0.3) is 5.91 Å². The first kappa shape index (κ1) is 28.4. The lowest BCUT2D eigenvalue weighted by Crippen LogP contribution is -2.44. The zero-order chi connectivity index (χ0) is 25.5. The Hall–Kier alpha value is -3.62. The second kappa shape index (κ2) is 15.3. The number of hydrogen-bond acceptors (Lipinski definition) is 5. The van der Waals surface area contributed by atoms with E-state index in [0.29, 0.717) is 24.7 Å². The van der Waals surface area contributed by atoms with Gasteiger partial charge < -0.3 is 25.3 Å². The Balaban J connectivity index is 0.000000268. The quantitative estimate of drug-likeness (QED) is 0.504. The lowest BCUT2D eigenvalue weighted by molar-refractivity contribution is -0.136. The lowest BCUT2D eigenvalue weighted by Gasteiger charge is -2.31. The predicted octanol–water partition coefficient (Wildman–Crippen LogP) is 1.88. The number of rotatable bonds is 5. The van der Waals surface area contributed by atoms with Crippen LogP contribution in [0.5, 0.6) is 0 Å². The Kier molecular flexibility index (Phi) is 12.8. The minimum Gasteiger partial charge on any atom is -0.358 e. The molecule has 1 aromatic carbocycles. The summed E-state index contributed by atoms with van der Waals surface area (Å²) < 4.78 is 0. The van der Waals surface area contributed by atoms with Crippen LogP contribution in [0.4, 0.5) is 5.69 Å². The van der Waals surface area contributed by atoms with Gasteiger partial charge in [-0.05, 0) is 37.6 Å². The highest BCUT2D eigenvalue weighted by Gasteiger charge is 2.31. The molecular formula is C25H37N5O4. The number of hydrogen-bond donors (Lipinski definition) is 2.